The molecule has 0 bridgehead atoms. The van der Waals surface area contributed by atoms with Gasteiger partial charge in [-0.3, -0.25) is 0 Å². The average molecular weight is 264 g/mol. The standard InChI is InChI=1S/C14H24N4O/c1-4-19-12-5-8-15-13(17-12)16-11-14(2)6-9-18(3)10-7-14/h5,8H,4,6-7,9-11H2,1-3H3,(H,15,16,17). The largest absolute Gasteiger partial charge is 0.478 e. The molecule has 5 heteroatoms. The molecule has 2 heterocycles. The zero-order valence-electron chi connectivity index (χ0n) is 12.1. The molecule has 0 atom stereocenters. The predicted octanol–water partition coefficient (Wildman–Crippen LogP) is 2.02. The lowest BCUT2D eigenvalue weighted by Crippen LogP contribution is -2.40. The molecule has 0 saturated carbocycles. The Labute approximate surface area is 115 Å². The van der Waals surface area contributed by atoms with E-state index in [1.165, 1.54) is 12.8 Å². The molecule has 1 aliphatic heterocycles. The fourth-order valence-corrected chi connectivity index (χ4v) is 2.28. The molecule has 1 N–H and O–H groups in total. The summed E-state index contributed by atoms with van der Waals surface area (Å²) in [7, 11) is 2.18. The Morgan fingerprint density at radius 1 is 1.42 bits per heavy atom. The van der Waals surface area contributed by atoms with E-state index >= 15 is 0 Å². The highest BCUT2D eigenvalue weighted by atomic mass is 16.5. The van der Waals surface area contributed by atoms with Gasteiger partial charge in [-0.1, -0.05) is 6.92 Å². The van der Waals surface area contributed by atoms with Crippen molar-refractivity contribution in [2.45, 2.75) is 26.7 Å². The molecule has 106 valence electrons. The summed E-state index contributed by atoms with van der Waals surface area (Å²) in [6, 6.07) is 1.78. The van der Waals surface area contributed by atoms with Crippen LogP contribution in [0.5, 0.6) is 5.88 Å². The van der Waals surface area contributed by atoms with Crippen molar-refractivity contribution in [2.24, 2.45) is 5.41 Å². The van der Waals surface area contributed by atoms with Crippen molar-refractivity contribution in [1.82, 2.24) is 14.9 Å². The maximum Gasteiger partial charge on any atom is 0.225 e. The average Bonchev–Trinajstić information content (AvgIpc) is 2.41. The zero-order chi connectivity index (χ0) is 13.7. The second kappa shape index (κ2) is 6.19. The molecular formula is C14H24N4O. The summed E-state index contributed by atoms with van der Waals surface area (Å²) in [5, 5.41) is 3.35. The molecule has 0 radical (unpaired) electrons. The highest BCUT2D eigenvalue weighted by Gasteiger charge is 2.28. The van der Waals surface area contributed by atoms with Gasteiger partial charge in [0, 0.05) is 18.8 Å². The van der Waals surface area contributed by atoms with Gasteiger partial charge < -0.3 is 15.0 Å². The summed E-state index contributed by atoms with van der Waals surface area (Å²) in [6.45, 7) is 8.15. The SMILES string of the molecule is CCOc1ccnc(NCC2(C)CCN(C)CC2)n1. The maximum atomic E-state index is 5.38. The molecule has 0 amide bonds. The lowest BCUT2D eigenvalue weighted by Gasteiger charge is -2.37. The van der Waals surface area contributed by atoms with Crippen LogP contribution in [0, 0.1) is 5.41 Å². The molecule has 1 aromatic rings. The predicted molar refractivity (Wildman–Crippen MR) is 76.5 cm³/mol. The first kappa shape index (κ1) is 14.1. The van der Waals surface area contributed by atoms with Crippen LogP contribution < -0.4 is 10.1 Å². The monoisotopic (exact) mass is 264 g/mol. The fourth-order valence-electron chi connectivity index (χ4n) is 2.28. The Kier molecular flexibility index (Phi) is 4.58. The van der Waals surface area contributed by atoms with Crippen LogP contribution in [0.25, 0.3) is 0 Å². The molecule has 1 aromatic heterocycles. The van der Waals surface area contributed by atoms with Gasteiger partial charge in [0.2, 0.25) is 11.8 Å². The van der Waals surface area contributed by atoms with Gasteiger partial charge in [-0.2, -0.15) is 4.98 Å². The number of anilines is 1. The van der Waals surface area contributed by atoms with Crippen molar-refractivity contribution in [3.8, 4) is 5.88 Å². The van der Waals surface area contributed by atoms with E-state index in [-0.39, 0.29) is 0 Å². The van der Waals surface area contributed by atoms with Gasteiger partial charge in [0.05, 0.1) is 6.61 Å². The van der Waals surface area contributed by atoms with Crippen LogP contribution in [-0.2, 0) is 0 Å². The molecule has 1 saturated heterocycles. The maximum absolute atomic E-state index is 5.38. The highest BCUT2D eigenvalue weighted by Crippen LogP contribution is 2.30. The van der Waals surface area contributed by atoms with Crippen molar-refractivity contribution in [1.29, 1.82) is 0 Å². The molecule has 19 heavy (non-hydrogen) atoms. The molecule has 0 unspecified atom stereocenters. The van der Waals surface area contributed by atoms with E-state index in [1.807, 2.05) is 6.92 Å². The molecule has 0 aliphatic carbocycles. The number of rotatable bonds is 5. The van der Waals surface area contributed by atoms with Crippen LogP contribution in [0.1, 0.15) is 26.7 Å². The molecular weight excluding hydrogens is 240 g/mol. The molecule has 0 aromatic carbocycles. The summed E-state index contributed by atoms with van der Waals surface area (Å²) in [6.07, 6.45) is 4.15. The minimum atomic E-state index is 0.331. The number of hydrogen-bond acceptors (Lipinski definition) is 5. The summed E-state index contributed by atoms with van der Waals surface area (Å²) in [5.41, 5.74) is 0.331. The first-order chi connectivity index (χ1) is 9.11. The highest BCUT2D eigenvalue weighted by molar-refractivity contribution is 5.27. The van der Waals surface area contributed by atoms with Crippen LogP contribution >= 0.6 is 0 Å². The van der Waals surface area contributed by atoms with Gasteiger partial charge >= 0.3 is 0 Å². The van der Waals surface area contributed by atoms with Crippen molar-refractivity contribution in [2.75, 3.05) is 38.6 Å². The third-order valence-electron chi connectivity index (χ3n) is 3.79. The fraction of sp³-hybridized carbons (Fsp3) is 0.714. The normalized spacial score (nSPS) is 19.1. The van der Waals surface area contributed by atoms with E-state index in [0.717, 1.165) is 19.6 Å². The van der Waals surface area contributed by atoms with Gasteiger partial charge in [-0.05, 0) is 45.3 Å². The minimum absolute atomic E-state index is 0.331. The Hall–Kier alpha value is -1.36. The van der Waals surface area contributed by atoms with Crippen molar-refractivity contribution < 1.29 is 4.74 Å². The topological polar surface area (TPSA) is 50.3 Å². The van der Waals surface area contributed by atoms with Crippen LogP contribution in [0.4, 0.5) is 5.95 Å². The number of piperidine rings is 1. The molecule has 5 nitrogen and oxygen atoms in total. The first-order valence-electron chi connectivity index (χ1n) is 6.99. The Morgan fingerprint density at radius 3 is 2.84 bits per heavy atom. The van der Waals surface area contributed by atoms with Crippen molar-refractivity contribution >= 4 is 5.95 Å². The van der Waals surface area contributed by atoms with E-state index in [4.69, 9.17) is 4.74 Å². The Morgan fingerprint density at radius 2 is 2.16 bits per heavy atom. The second-order valence-electron chi connectivity index (χ2n) is 5.62. The van der Waals surface area contributed by atoms with E-state index in [1.54, 1.807) is 12.3 Å². The third kappa shape index (κ3) is 4.06. The number of hydrogen-bond donors (Lipinski definition) is 1. The van der Waals surface area contributed by atoms with Crippen LogP contribution in [0.2, 0.25) is 0 Å². The zero-order valence-corrected chi connectivity index (χ0v) is 12.1. The van der Waals surface area contributed by atoms with Gasteiger partial charge in [0.15, 0.2) is 0 Å². The second-order valence-corrected chi connectivity index (χ2v) is 5.62. The van der Waals surface area contributed by atoms with Crippen molar-refractivity contribution in [3.05, 3.63) is 12.3 Å². The first-order valence-corrected chi connectivity index (χ1v) is 6.99. The van der Waals surface area contributed by atoms with Crippen LogP contribution in [0.15, 0.2) is 12.3 Å². The molecule has 2 rings (SSSR count). The number of likely N-dealkylation sites (tertiary alicyclic amines) is 1. The summed E-state index contributed by atoms with van der Waals surface area (Å²) in [5.74, 6) is 1.29. The van der Waals surface area contributed by atoms with Crippen LogP contribution in [0.3, 0.4) is 0 Å². The van der Waals surface area contributed by atoms with Gasteiger partial charge in [-0.15, -0.1) is 0 Å². The summed E-state index contributed by atoms with van der Waals surface area (Å²) < 4.78 is 5.38. The van der Waals surface area contributed by atoms with E-state index in [0.29, 0.717) is 23.9 Å². The lowest BCUT2D eigenvalue weighted by molar-refractivity contribution is 0.150. The molecule has 0 spiro atoms. The molecule has 1 aliphatic rings. The number of nitrogens with one attached hydrogen (secondary N) is 1. The van der Waals surface area contributed by atoms with Crippen LogP contribution in [-0.4, -0.2) is 48.2 Å². The lowest BCUT2D eigenvalue weighted by atomic mass is 9.80. The number of ether oxygens (including phenoxy) is 1. The quantitative estimate of drug-likeness (QED) is 0.881. The third-order valence-corrected chi connectivity index (χ3v) is 3.79. The minimum Gasteiger partial charge on any atom is -0.478 e. The van der Waals surface area contributed by atoms with Crippen molar-refractivity contribution in [3.63, 3.8) is 0 Å². The summed E-state index contributed by atoms with van der Waals surface area (Å²) >= 11 is 0. The van der Waals surface area contributed by atoms with E-state index < -0.39 is 0 Å². The summed E-state index contributed by atoms with van der Waals surface area (Å²) in [4.78, 5) is 11.0. The molecule has 1 fully saturated rings. The van der Waals surface area contributed by atoms with Gasteiger partial charge in [0.25, 0.3) is 0 Å². The number of nitrogens with zero attached hydrogens (tertiary/aromatic N) is 3. The smallest absolute Gasteiger partial charge is 0.225 e. The van der Waals surface area contributed by atoms with E-state index in [9.17, 15) is 0 Å². The van der Waals surface area contributed by atoms with Gasteiger partial charge in [-0.25, -0.2) is 4.98 Å². The Bertz CT molecular complexity index is 402. The van der Waals surface area contributed by atoms with Gasteiger partial charge in [0.1, 0.15) is 0 Å². The number of aromatic nitrogens is 2. The van der Waals surface area contributed by atoms with E-state index in [2.05, 4.69) is 34.2 Å². The Balaban J connectivity index is 1.89.